The third-order valence-corrected chi connectivity index (χ3v) is 7.52. The molecular formula is C20H23FN4O3S2. The van der Waals surface area contributed by atoms with E-state index in [2.05, 4.69) is 10.4 Å². The Morgan fingerprint density at radius 3 is 2.47 bits per heavy atom. The lowest BCUT2D eigenvalue weighted by Crippen LogP contribution is -2.35. The minimum Gasteiger partial charge on any atom is -0.309 e. The molecule has 2 heterocycles. The molecule has 0 unspecified atom stereocenters. The number of halogens is 1. The van der Waals surface area contributed by atoms with Gasteiger partial charge < -0.3 is 5.32 Å². The molecule has 2 aromatic heterocycles. The highest BCUT2D eigenvalue weighted by Gasteiger charge is 2.25. The second-order valence-corrected chi connectivity index (χ2v) is 11.0. The maximum atomic E-state index is 13.3. The van der Waals surface area contributed by atoms with E-state index >= 15 is 0 Å². The van der Waals surface area contributed by atoms with Gasteiger partial charge in [-0.2, -0.15) is 9.40 Å². The second kappa shape index (κ2) is 8.29. The Hall–Kier alpha value is -2.56. The van der Waals surface area contributed by atoms with E-state index in [4.69, 9.17) is 0 Å². The lowest BCUT2D eigenvalue weighted by molar-refractivity contribution is -0.116. The lowest BCUT2D eigenvalue weighted by atomic mass is 9.92. The minimum atomic E-state index is -3.74. The summed E-state index contributed by atoms with van der Waals surface area (Å²) in [7, 11) is -2.39. The molecule has 0 spiro atoms. The highest BCUT2D eigenvalue weighted by atomic mass is 32.2. The zero-order valence-electron chi connectivity index (χ0n) is 17.1. The van der Waals surface area contributed by atoms with Crippen molar-refractivity contribution in [3.8, 4) is 5.69 Å². The van der Waals surface area contributed by atoms with Crippen LogP contribution in [0.1, 0.15) is 26.5 Å². The summed E-state index contributed by atoms with van der Waals surface area (Å²) in [6.45, 7) is 5.59. The zero-order valence-corrected chi connectivity index (χ0v) is 18.7. The van der Waals surface area contributed by atoms with Crippen LogP contribution in [0, 0.1) is 5.82 Å². The molecule has 0 atom stereocenters. The van der Waals surface area contributed by atoms with Gasteiger partial charge in [-0.05, 0) is 35.7 Å². The first-order valence-corrected chi connectivity index (χ1v) is 11.5. The van der Waals surface area contributed by atoms with E-state index in [1.165, 1.54) is 29.9 Å². The summed E-state index contributed by atoms with van der Waals surface area (Å²) in [6, 6.07) is 10.6. The molecule has 0 bridgehead atoms. The molecular weight excluding hydrogens is 427 g/mol. The Morgan fingerprint density at radius 2 is 1.90 bits per heavy atom. The molecule has 0 aliphatic heterocycles. The molecule has 10 heteroatoms. The van der Waals surface area contributed by atoms with Crippen molar-refractivity contribution in [1.82, 2.24) is 14.1 Å². The van der Waals surface area contributed by atoms with E-state index in [-0.39, 0.29) is 22.0 Å². The van der Waals surface area contributed by atoms with Crippen LogP contribution in [0.4, 0.5) is 10.2 Å². The second-order valence-electron chi connectivity index (χ2n) is 7.79. The van der Waals surface area contributed by atoms with E-state index in [0.29, 0.717) is 11.5 Å². The van der Waals surface area contributed by atoms with Crippen LogP contribution in [-0.2, 0) is 20.2 Å². The zero-order chi connectivity index (χ0) is 22.1. The van der Waals surface area contributed by atoms with Gasteiger partial charge >= 0.3 is 0 Å². The standard InChI is InChI=1S/C20H23FN4O3S2/c1-20(2,3)16-12-17(25(23-16)15-9-7-14(21)8-10-15)22-18(26)13-24(4)30(27,28)19-6-5-11-29-19/h5-12H,13H2,1-4H3,(H,22,26). The van der Waals surface area contributed by atoms with Gasteiger partial charge in [0.2, 0.25) is 5.91 Å². The Balaban J connectivity index is 1.85. The van der Waals surface area contributed by atoms with Crippen molar-refractivity contribution in [1.29, 1.82) is 0 Å². The summed E-state index contributed by atoms with van der Waals surface area (Å²) in [6.07, 6.45) is 0. The van der Waals surface area contributed by atoms with E-state index in [1.807, 2.05) is 20.8 Å². The van der Waals surface area contributed by atoms with Crippen LogP contribution in [0.3, 0.4) is 0 Å². The van der Waals surface area contributed by atoms with Gasteiger partial charge in [-0.25, -0.2) is 17.5 Å². The van der Waals surface area contributed by atoms with Crippen LogP contribution in [-0.4, -0.2) is 42.0 Å². The third kappa shape index (κ3) is 4.77. The fourth-order valence-corrected chi connectivity index (χ4v) is 4.98. The van der Waals surface area contributed by atoms with Gasteiger partial charge in [0, 0.05) is 18.5 Å². The third-order valence-electron chi connectivity index (χ3n) is 4.34. The molecule has 3 aromatic rings. The lowest BCUT2D eigenvalue weighted by Gasteiger charge is -2.16. The van der Waals surface area contributed by atoms with Crippen LogP contribution in [0.2, 0.25) is 0 Å². The Bertz CT molecular complexity index is 1130. The Morgan fingerprint density at radius 1 is 1.23 bits per heavy atom. The molecule has 0 saturated carbocycles. The van der Waals surface area contributed by atoms with Gasteiger partial charge in [0.1, 0.15) is 15.8 Å². The highest BCUT2D eigenvalue weighted by molar-refractivity contribution is 7.91. The fraction of sp³-hybridized carbons (Fsp3) is 0.300. The van der Waals surface area contributed by atoms with Gasteiger partial charge in [-0.15, -0.1) is 11.3 Å². The molecule has 7 nitrogen and oxygen atoms in total. The van der Waals surface area contributed by atoms with Gasteiger partial charge in [-0.3, -0.25) is 4.79 Å². The number of hydrogen-bond acceptors (Lipinski definition) is 5. The minimum absolute atomic E-state index is 0.171. The summed E-state index contributed by atoms with van der Waals surface area (Å²) < 4.78 is 41.1. The normalized spacial score (nSPS) is 12.3. The summed E-state index contributed by atoms with van der Waals surface area (Å²) in [4.78, 5) is 12.6. The summed E-state index contributed by atoms with van der Waals surface area (Å²) in [5.41, 5.74) is 1.01. The van der Waals surface area contributed by atoms with E-state index in [0.717, 1.165) is 21.3 Å². The molecule has 1 N–H and O–H groups in total. The van der Waals surface area contributed by atoms with Gasteiger partial charge in [0.25, 0.3) is 10.0 Å². The molecule has 0 aliphatic rings. The number of thiophene rings is 1. The number of hydrogen-bond donors (Lipinski definition) is 1. The molecule has 30 heavy (non-hydrogen) atoms. The number of nitrogens with one attached hydrogen (secondary N) is 1. The Labute approximate surface area is 179 Å². The monoisotopic (exact) mass is 450 g/mol. The van der Waals surface area contributed by atoms with Crippen molar-refractivity contribution in [2.75, 3.05) is 18.9 Å². The number of carbonyl (C=O) groups excluding carboxylic acids is 1. The number of amides is 1. The van der Waals surface area contributed by atoms with E-state index < -0.39 is 15.9 Å². The molecule has 160 valence electrons. The van der Waals surface area contributed by atoms with Crippen molar-refractivity contribution in [3.63, 3.8) is 0 Å². The van der Waals surface area contributed by atoms with Crippen molar-refractivity contribution < 1.29 is 17.6 Å². The average Bonchev–Trinajstić information content (AvgIpc) is 3.32. The van der Waals surface area contributed by atoms with Crippen LogP contribution in [0.15, 0.2) is 52.1 Å². The van der Waals surface area contributed by atoms with Gasteiger partial charge in [-0.1, -0.05) is 26.8 Å². The smallest absolute Gasteiger partial charge is 0.252 e. The van der Waals surface area contributed by atoms with E-state index in [1.54, 1.807) is 29.6 Å². The number of carbonyl (C=O) groups is 1. The summed E-state index contributed by atoms with van der Waals surface area (Å²) in [5.74, 6) is -0.521. The fourth-order valence-electron chi connectivity index (χ4n) is 2.65. The number of likely N-dealkylation sites (N-methyl/N-ethyl adjacent to an activating group) is 1. The highest BCUT2D eigenvalue weighted by Crippen LogP contribution is 2.26. The number of rotatable bonds is 6. The first-order chi connectivity index (χ1) is 14.0. The predicted molar refractivity (Wildman–Crippen MR) is 115 cm³/mol. The summed E-state index contributed by atoms with van der Waals surface area (Å²) in [5, 5.41) is 8.94. The Kier molecular flexibility index (Phi) is 6.11. The summed E-state index contributed by atoms with van der Waals surface area (Å²) >= 11 is 1.09. The maximum absolute atomic E-state index is 13.3. The van der Waals surface area contributed by atoms with Crippen LogP contribution in [0.25, 0.3) is 5.69 Å². The maximum Gasteiger partial charge on any atom is 0.252 e. The number of nitrogens with zero attached hydrogens (tertiary/aromatic N) is 3. The molecule has 1 aromatic carbocycles. The quantitative estimate of drug-likeness (QED) is 0.622. The first-order valence-electron chi connectivity index (χ1n) is 9.14. The molecule has 0 saturated heterocycles. The molecule has 0 fully saturated rings. The number of benzene rings is 1. The molecule has 1 amide bonds. The SMILES string of the molecule is CN(CC(=O)Nc1cc(C(C)(C)C)nn1-c1ccc(F)cc1)S(=O)(=O)c1cccs1. The van der Waals surface area contributed by atoms with Gasteiger partial charge in [0.15, 0.2) is 0 Å². The molecule has 0 radical (unpaired) electrons. The number of aromatic nitrogens is 2. The van der Waals surface area contributed by atoms with Crippen LogP contribution < -0.4 is 5.32 Å². The molecule has 0 aliphatic carbocycles. The molecule has 3 rings (SSSR count). The topological polar surface area (TPSA) is 84.3 Å². The number of anilines is 1. The van der Waals surface area contributed by atoms with Crippen molar-refractivity contribution in [2.24, 2.45) is 0 Å². The average molecular weight is 451 g/mol. The first kappa shape index (κ1) is 22.1. The number of sulfonamides is 1. The van der Waals surface area contributed by atoms with Gasteiger partial charge in [0.05, 0.1) is 17.9 Å². The van der Waals surface area contributed by atoms with Crippen molar-refractivity contribution in [3.05, 3.63) is 59.4 Å². The largest absolute Gasteiger partial charge is 0.309 e. The van der Waals surface area contributed by atoms with Crippen molar-refractivity contribution in [2.45, 2.75) is 30.4 Å². The predicted octanol–water partition coefficient (Wildman–Crippen LogP) is 3.63. The van der Waals surface area contributed by atoms with Crippen LogP contribution in [0.5, 0.6) is 0 Å². The van der Waals surface area contributed by atoms with Crippen molar-refractivity contribution >= 4 is 33.1 Å². The van der Waals surface area contributed by atoms with E-state index in [9.17, 15) is 17.6 Å². The van der Waals surface area contributed by atoms with Crippen LogP contribution >= 0.6 is 11.3 Å².